The van der Waals surface area contributed by atoms with Crippen molar-refractivity contribution in [1.29, 1.82) is 0 Å². The first kappa shape index (κ1) is 17.8. The molecule has 0 aliphatic carbocycles. The van der Waals surface area contributed by atoms with Crippen molar-refractivity contribution in [3.05, 3.63) is 29.8 Å². The van der Waals surface area contributed by atoms with E-state index in [0.29, 0.717) is 6.42 Å². The summed E-state index contributed by atoms with van der Waals surface area (Å²) in [6, 6.07) is 8.36. The van der Waals surface area contributed by atoms with Crippen LogP contribution in [0.3, 0.4) is 0 Å². The first-order chi connectivity index (χ1) is 11.2. The standard InChI is InChI=1S/C19H30N2O2/c1-15(3-4-16-5-8-18(23-2)9-6-16)21-19(22)10-7-17-11-13-20-14-12-17/h5-6,8-9,15,17,20H,3-4,7,10-14H2,1-2H3,(H,21,22). The Morgan fingerprint density at radius 2 is 2.00 bits per heavy atom. The Morgan fingerprint density at radius 1 is 1.30 bits per heavy atom. The molecular weight excluding hydrogens is 288 g/mol. The number of carbonyl (C=O) groups is 1. The molecule has 23 heavy (non-hydrogen) atoms. The number of aryl methyl sites for hydroxylation is 1. The minimum Gasteiger partial charge on any atom is -0.497 e. The molecule has 128 valence electrons. The van der Waals surface area contributed by atoms with Crippen molar-refractivity contribution in [2.75, 3.05) is 20.2 Å². The third-order valence-corrected chi connectivity index (χ3v) is 4.67. The van der Waals surface area contributed by atoms with Gasteiger partial charge in [-0.3, -0.25) is 4.79 Å². The maximum Gasteiger partial charge on any atom is 0.220 e. The Balaban J connectivity index is 1.62. The highest BCUT2D eigenvalue weighted by Gasteiger charge is 2.15. The van der Waals surface area contributed by atoms with E-state index in [2.05, 4.69) is 29.7 Å². The number of rotatable bonds is 8. The van der Waals surface area contributed by atoms with E-state index in [9.17, 15) is 4.79 Å². The first-order valence-electron chi connectivity index (χ1n) is 8.80. The Bertz CT molecular complexity index is 467. The SMILES string of the molecule is COc1ccc(CCC(C)NC(=O)CCC2CCNCC2)cc1. The van der Waals surface area contributed by atoms with Gasteiger partial charge in [0.25, 0.3) is 0 Å². The van der Waals surface area contributed by atoms with E-state index >= 15 is 0 Å². The average molecular weight is 318 g/mol. The third kappa shape index (κ3) is 6.61. The fraction of sp³-hybridized carbons (Fsp3) is 0.632. The van der Waals surface area contributed by atoms with Crippen molar-refractivity contribution in [3.8, 4) is 5.75 Å². The van der Waals surface area contributed by atoms with Crippen LogP contribution in [0, 0.1) is 5.92 Å². The van der Waals surface area contributed by atoms with Crippen LogP contribution in [0.25, 0.3) is 0 Å². The average Bonchev–Trinajstić information content (AvgIpc) is 2.59. The van der Waals surface area contributed by atoms with Crippen LogP contribution in [0.15, 0.2) is 24.3 Å². The third-order valence-electron chi connectivity index (χ3n) is 4.67. The normalized spacial score (nSPS) is 16.8. The Hall–Kier alpha value is -1.55. The molecule has 0 spiro atoms. The molecule has 1 atom stereocenters. The van der Waals surface area contributed by atoms with Gasteiger partial charge in [-0.05, 0) is 75.7 Å². The predicted molar refractivity (Wildman–Crippen MR) is 93.7 cm³/mol. The van der Waals surface area contributed by atoms with E-state index in [0.717, 1.165) is 44.0 Å². The first-order valence-corrected chi connectivity index (χ1v) is 8.80. The molecule has 0 saturated carbocycles. The molecule has 1 saturated heterocycles. The highest BCUT2D eigenvalue weighted by Crippen LogP contribution is 2.17. The summed E-state index contributed by atoms with van der Waals surface area (Å²) in [5.41, 5.74) is 1.28. The Kier molecular flexibility index (Phi) is 7.40. The largest absolute Gasteiger partial charge is 0.497 e. The summed E-state index contributed by atoms with van der Waals surface area (Å²) >= 11 is 0. The minimum atomic E-state index is 0.200. The molecule has 1 unspecified atom stereocenters. The number of methoxy groups -OCH3 is 1. The van der Waals surface area contributed by atoms with Gasteiger partial charge in [0.2, 0.25) is 5.91 Å². The van der Waals surface area contributed by atoms with Gasteiger partial charge in [-0.2, -0.15) is 0 Å². The van der Waals surface area contributed by atoms with Gasteiger partial charge in [0, 0.05) is 12.5 Å². The summed E-state index contributed by atoms with van der Waals surface area (Å²) in [4.78, 5) is 12.0. The lowest BCUT2D eigenvalue weighted by Gasteiger charge is -2.22. The van der Waals surface area contributed by atoms with Crippen LogP contribution in [-0.2, 0) is 11.2 Å². The summed E-state index contributed by atoms with van der Waals surface area (Å²) in [5, 5.41) is 6.50. The molecule has 0 aromatic heterocycles. The van der Waals surface area contributed by atoms with Crippen LogP contribution in [0.1, 0.15) is 44.6 Å². The summed E-state index contributed by atoms with van der Waals surface area (Å²) in [7, 11) is 1.68. The van der Waals surface area contributed by atoms with Gasteiger partial charge in [-0.1, -0.05) is 12.1 Å². The molecule has 4 nitrogen and oxygen atoms in total. The lowest BCUT2D eigenvalue weighted by Crippen LogP contribution is -2.34. The molecule has 0 bridgehead atoms. The molecule has 1 aromatic rings. The molecule has 2 N–H and O–H groups in total. The molecule has 0 radical (unpaired) electrons. The van der Waals surface area contributed by atoms with E-state index < -0.39 is 0 Å². The van der Waals surface area contributed by atoms with Crippen molar-refractivity contribution in [2.45, 2.75) is 51.5 Å². The molecular formula is C19H30N2O2. The maximum absolute atomic E-state index is 12.0. The molecule has 1 aliphatic rings. The molecule has 1 aliphatic heterocycles. The fourth-order valence-corrected chi connectivity index (χ4v) is 3.10. The molecule has 1 heterocycles. The van der Waals surface area contributed by atoms with Crippen LogP contribution in [0.4, 0.5) is 0 Å². The summed E-state index contributed by atoms with van der Waals surface area (Å²) in [6.07, 6.45) is 6.04. The molecule has 2 rings (SSSR count). The zero-order chi connectivity index (χ0) is 16.5. The van der Waals surface area contributed by atoms with Gasteiger partial charge in [-0.25, -0.2) is 0 Å². The number of hydrogen-bond acceptors (Lipinski definition) is 3. The van der Waals surface area contributed by atoms with Gasteiger partial charge in [0.1, 0.15) is 5.75 Å². The lowest BCUT2D eigenvalue weighted by atomic mass is 9.93. The van der Waals surface area contributed by atoms with Crippen LogP contribution in [0.2, 0.25) is 0 Å². The summed E-state index contributed by atoms with van der Waals surface area (Å²) < 4.78 is 5.16. The fourth-order valence-electron chi connectivity index (χ4n) is 3.10. The van der Waals surface area contributed by atoms with E-state index in [-0.39, 0.29) is 11.9 Å². The number of amides is 1. The van der Waals surface area contributed by atoms with Crippen LogP contribution in [0.5, 0.6) is 5.75 Å². The zero-order valence-electron chi connectivity index (χ0n) is 14.4. The van der Waals surface area contributed by atoms with Crippen molar-refractivity contribution in [1.82, 2.24) is 10.6 Å². The lowest BCUT2D eigenvalue weighted by molar-refractivity contribution is -0.122. The van der Waals surface area contributed by atoms with Gasteiger partial charge < -0.3 is 15.4 Å². The number of ether oxygens (including phenoxy) is 1. The quantitative estimate of drug-likeness (QED) is 0.775. The smallest absolute Gasteiger partial charge is 0.220 e. The van der Waals surface area contributed by atoms with Crippen molar-refractivity contribution >= 4 is 5.91 Å². The minimum absolute atomic E-state index is 0.200. The van der Waals surface area contributed by atoms with Crippen LogP contribution < -0.4 is 15.4 Å². The van der Waals surface area contributed by atoms with Crippen molar-refractivity contribution < 1.29 is 9.53 Å². The van der Waals surface area contributed by atoms with Crippen molar-refractivity contribution in [2.24, 2.45) is 5.92 Å². The highest BCUT2D eigenvalue weighted by atomic mass is 16.5. The highest BCUT2D eigenvalue weighted by molar-refractivity contribution is 5.76. The van der Waals surface area contributed by atoms with Crippen LogP contribution >= 0.6 is 0 Å². The monoisotopic (exact) mass is 318 g/mol. The molecule has 4 heteroatoms. The number of hydrogen-bond donors (Lipinski definition) is 2. The summed E-state index contributed by atoms with van der Waals surface area (Å²) in [6.45, 7) is 4.29. The maximum atomic E-state index is 12.0. The van der Waals surface area contributed by atoms with Gasteiger partial charge in [0.15, 0.2) is 0 Å². The number of benzene rings is 1. The summed E-state index contributed by atoms with van der Waals surface area (Å²) in [5.74, 6) is 1.80. The predicted octanol–water partition coefficient (Wildman–Crippen LogP) is 2.91. The topological polar surface area (TPSA) is 50.4 Å². The Labute approximate surface area is 140 Å². The molecule has 1 aromatic carbocycles. The van der Waals surface area contributed by atoms with Gasteiger partial charge in [0.05, 0.1) is 7.11 Å². The van der Waals surface area contributed by atoms with Gasteiger partial charge >= 0.3 is 0 Å². The van der Waals surface area contributed by atoms with Crippen LogP contribution in [-0.4, -0.2) is 32.1 Å². The molecule has 1 amide bonds. The number of carbonyl (C=O) groups excluding carboxylic acids is 1. The zero-order valence-corrected chi connectivity index (χ0v) is 14.4. The molecule has 1 fully saturated rings. The van der Waals surface area contributed by atoms with E-state index in [1.807, 2.05) is 12.1 Å². The van der Waals surface area contributed by atoms with Crippen molar-refractivity contribution in [3.63, 3.8) is 0 Å². The number of nitrogens with one attached hydrogen (secondary N) is 2. The Morgan fingerprint density at radius 3 is 2.65 bits per heavy atom. The van der Waals surface area contributed by atoms with E-state index in [1.165, 1.54) is 18.4 Å². The second kappa shape index (κ2) is 9.56. The second-order valence-corrected chi connectivity index (χ2v) is 6.59. The van der Waals surface area contributed by atoms with Gasteiger partial charge in [-0.15, -0.1) is 0 Å². The number of piperidine rings is 1. The van der Waals surface area contributed by atoms with E-state index in [4.69, 9.17) is 4.74 Å². The second-order valence-electron chi connectivity index (χ2n) is 6.59. The van der Waals surface area contributed by atoms with E-state index in [1.54, 1.807) is 7.11 Å².